The summed E-state index contributed by atoms with van der Waals surface area (Å²) < 4.78 is 5.12. The number of carbonyl (C=O) groups is 2. The molecule has 0 spiro atoms. The van der Waals surface area contributed by atoms with Gasteiger partial charge in [0.05, 0.1) is 17.7 Å². The third kappa shape index (κ3) is 4.45. The lowest BCUT2D eigenvalue weighted by Crippen LogP contribution is -2.29. The second-order valence-electron chi connectivity index (χ2n) is 5.02. The highest BCUT2D eigenvalue weighted by atomic mass is 35.5. The number of aryl methyl sites for hydroxylation is 1. The zero-order valence-electron chi connectivity index (χ0n) is 13.3. The van der Waals surface area contributed by atoms with Gasteiger partial charge in [0.25, 0.3) is 5.69 Å². The van der Waals surface area contributed by atoms with Gasteiger partial charge in [-0.2, -0.15) is 0 Å². The third-order valence-corrected chi connectivity index (χ3v) is 3.66. The van der Waals surface area contributed by atoms with E-state index in [4.69, 9.17) is 16.3 Å². The summed E-state index contributed by atoms with van der Waals surface area (Å²) in [6.45, 7) is 1.74. The number of rotatable bonds is 4. The number of nitro groups is 1. The molecule has 9 heteroatoms. The van der Waals surface area contributed by atoms with Crippen LogP contribution in [0.1, 0.15) is 5.56 Å². The van der Waals surface area contributed by atoms with Gasteiger partial charge in [-0.3, -0.25) is 19.7 Å². The van der Waals surface area contributed by atoms with E-state index in [0.717, 1.165) is 6.07 Å². The number of amides is 2. The van der Waals surface area contributed by atoms with Gasteiger partial charge in [0, 0.05) is 28.9 Å². The van der Waals surface area contributed by atoms with Gasteiger partial charge in [0.15, 0.2) is 0 Å². The van der Waals surface area contributed by atoms with Crippen LogP contribution in [0.5, 0.6) is 5.75 Å². The largest absolute Gasteiger partial charge is 0.495 e. The molecule has 2 rings (SSSR count). The molecule has 0 aliphatic rings. The lowest BCUT2D eigenvalue weighted by atomic mass is 10.2. The first-order valence-corrected chi connectivity index (χ1v) is 7.40. The molecule has 25 heavy (non-hydrogen) atoms. The molecular weight excluding hydrogens is 350 g/mol. The Morgan fingerprint density at radius 1 is 1.16 bits per heavy atom. The molecule has 0 aliphatic heterocycles. The number of hydrogen-bond acceptors (Lipinski definition) is 5. The Bertz CT molecular complexity index is 854. The Morgan fingerprint density at radius 2 is 1.84 bits per heavy atom. The molecule has 2 aromatic carbocycles. The molecule has 130 valence electrons. The van der Waals surface area contributed by atoms with Gasteiger partial charge in [0.2, 0.25) is 0 Å². The van der Waals surface area contributed by atoms with Crippen molar-refractivity contribution >= 4 is 40.5 Å². The number of hydrogen-bond donors (Lipinski definition) is 2. The molecule has 0 fully saturated rings. The summed E-state index contributed by atoms with van der Waals surface area (Å²) in [5.74, 6) is -1.63. The van der Waals surface area contributed by atoms with E-state index in [1.54, 1.807) is 13.0 Å². The van der Waals surface area contributed by atoms with Crippen LogP contribution in [-0.4, -0.2) is 23.8 Å². The molecule has 0 bridgehead atoms. The van der Waals surface area contributed by atoms with Crippen LogP contribution >= 0.6 is 11.6 Å². The zero-order valence-corrected chi connectivity index (χ0v) is 14.1. The van der Waals surface area contributed by atoms with E-state index in [9.17, 15) is 19.7 Å². The summed E-state index contributed by atoms with van der Waals surface area (Å²) in [6, 6.07) is 8.35. The second kappa shape index (κ2) is 7.63. The Labute approximate surface area is 147 Å². The number of carbonyl (C=O) groups excluding carboxylic acids is 2. The van der Waals surface area contributed by atoms with E-state index in [-0.39, 0.29) is 17.1 Å². The van der Waals surface area contributed by atoms with Crippen LogP contribution in [0.4, 0.5) is 17.1 Å². The molecule has 2 amide bonds. The van der Waals surface area contributed by atoms with Gasteiger partial charge in [-0.1, -0.05) is 17.7 Å². The minimum absolute atomic E-state index is 0.133. The molecule has 0 saturated carbocycles. The Hall–Kier alpha value is -3.13. The standard InChI is InChI=1S/C16H14ClN3O5/c1-9-6-13(14(25-2)8-12(9)17)19-16(22)15(21)18-10-4-3-5-11(7-10)20(23)24/h3-8H,1-2H3,(H,18,21)(H,19,22). The van der Waals surface area contributed by atoms with Crippen LogP contribution in [-0.2, 0) is 9.59 Å². The van der Waals surface area contributed by atoms with Gasteiger partial charge in [-0.05, 0) is 24.6 Å². The van der Waals surface area contributed by atoms with Crippen LogP contribution in [0.15, 0.2) is 36.4 Å². The van der Waals surface area contributed by atoms with Gasteiger partial charge >= 0.3 is 11.8 Å². The summed E-state index contributed by atoms with van der Waals surface area (Å²) in [7, 11) is 1.40. The number of nitrogens with zero attached hydrogens (tertiary/aromatic N) is 1. The fraction of sp³-hybridized carbons (Fsp3) is 0.125. The molecule has 0 aliphatic carbocycles. The van der Waals surface area contributed by atoms with Crippen molar-refractivity contribution in [1.82, 2.24) is 0 Å². The number of nitro benzene ring substituents is 1. The van der Waals surface area contributed by atoms with Crippen molar-refractivity contribution < 1.29 is 19.2 Å². The summed E-state index contributed by atoms with van der Waals surface area (Å²) in [6.07, 6.45) is 0. The number of non-ortho nitro benzene ring substituents is 1. The number of ether oxygens (including phenoxy) is 1. The predicted octanol–water partition coefficient (Wildman–Crippen LogP) is 3.14. The lowest BCUT2D eigenvalue weighted by Gasteiger charge is -2.12. The van der Waals surface area contributed by atoms with Crippen molar-refractivity contribution in [2.24, 2.45) is 0 Å². The number of methoxy groups -OCH3 is 1. The zero-order chi connectivity index (χ0) is 18.6. The maximum atomic E-state index is 12.1. The average Bonchev–Trinajstić information content (AvgIpc) is 2.58. The maximum absolute atomic E-state index is 12.1. The van der Waals surface area contributed by atoms with Crippen molar-refractivity contribution in [3.05, 3.63) is 57.1 Å². The summed E-state index contributed by atoms with van der Waals surface area (Å²) in [5.41, 5.74) is 0.905. The fourth-order valence-electron chi connectivity index (χ4n) is 1.99. The van der Waals surface area contributed by atoms with E-state index >= 15 is 0 Å². The second-order valence-corrected chi connectivity index (χ2v) is 5.42. The molecule has 0 aromatic heterocycles. The Morgan fingerprint density at radius 3 is 2.48 bits per heavy atom. The topological polar surface area (TPSA) is 111 Å². The highest BCUT2D eigenvalue weighted by molar-refractivity contribution is 6.43. The predicted molar refractivity (Wildman–Crippen MR) is 93.1 cm³/mol. The first-order chi connectivity index (χ1) is 11.8. The van der Waals surface area contributed by atoms with Crippen LogP contribution in [0.3, 0.4) is 0 Å². The van der Waals surface area contributed by atoms with Crippen LogP contribution in [0.25, 0.3) is 0 Å². The molecule has 0 radical (unpaired) electrons. The molecule has 0 atom stereocenters. The minimum atomic E-state index is -0.977. The van der Waals surface area contributed by atoms with E-state index in [0.29, 0.717) is 16.3 Å². The highest BCUT2D eigenvalue weighted by Gasteiger charge is 2.18. The molecule has 2 N–H and O–H groups in total. The Balaban J connectivity index is 2.13. The van der Waals surface area contributed by atoms with Gasteiger partial charge < -0.3 is 15.4 Å². The van der Waals surface area contributed by atoms with Crippen molar-refractivity contribution in [3.8, 4) is 5.75 Å². The number of halogens is 1. The summed E-state index contributed by atoms with van der Waals surface area (Å²) in [5, 5.41) is 15.9. The molecule has 2 aromatic rings. The number of benzene rings is 2. The van der Waals surface area contributed by atoms with Crippen LogP contribution < -0.4 is 15.4 Å². The third-order valence-electron chi connectivity index (χ3n) is 3.25. The minimum Gasteiger partial charge on any atom is -0.495 e. The van der Waals surface area contributed by atoms with Crippen LogP contribution in [0, 0.1) is 17.0 Å². The maximum Gasteiger partial charge on any atom is 0.314 e. The molecule has 8 nitrogen and oxygen atoms in total. The fourth-order valence-corrected chi connectivity index (χ4v) is 2.15. The normalized spacial score (nSPS) is 10.0. The smallest absolute Gasteiger partial charge is 0.314 e. The summed E-state index contributed by atoms with van der Waals surface area (Å²) in [4.78, 5) is 34.2. The average molecular weight is 364 g/mol. The summed E-state index contributed by atoms with van der Waals surface area (Å²) >= 11 is 5.98. The van der Waals surface area contributed by atoms with Crippen molar-refractivity contribution in [2.75, 3.05) is 17.7 Å². The Kier molecular flexibility index (Phi) is 5.56. The molecule has 0 heterocycles. The van der Waals surface area contributed by atoms with Gasteiger partial charge in [0.1, 0.15) is 5.75 Å². The van der Waals surface area contributed by atoms with Crippen LogP contribution in [0.2, 0.25) is 5.02 Å². The SMILES string of the molecule is COc1cc(Cl)c(C)cc1NC(=O)C(=O)Nc1cccc([N+](=O)[O-])c1. The first-order valence-electron chi connectivity index (χ1n) is 7.02. The highest BCUT2D eigenvalue weighted by Crippen LogP contribution is 2.30. The van der Waals surface area contributed by atoms with Crippen molar-refractivity contribution in [3.63, 3.8) is 0 Å². The van der Waals surface area contributed by atoms with Gasteiger partial charge in [-0.25, -0.2) is 0 Å². The number of nitrogens with one attached hydrogen (secondary N) is 2. The number of anilines is 2. The quantitative estimate of drug-likeness (QED) is 0.492. The van der Waals surface area contributed by atoms with E-state index in [1.807, 2.05) is 0 Å². The van der Waals surface area contributed by atoms with Crippen molar-refractivity contribution in [2.45, 2.75) is 6.92 Å². The van der Waals surface area contributed by atoms with E-state index in [1.165, 1.54) is 31.4 Å². The molecule has 0 unspecified atom stereocenters. The molecular formula is C16H14ClN3O5. The van der Waals surface area contributed by atoms with Crippen molar-refractivity contribution in [1.29, 1.82) is 0 Å². The van der Waals surface area contributed by atoms with Gasteiger partial charge in [-0.15, -0.1) is 0 Å². The monoisotopic (exact) mass is 363 g/mol. The van der Waals surface area contributed by atoms with E-state index < -0.39 is 16.7 Å². The first kappa shape index (κ1) is 18.2. The lowest BCUT2D eigenvalue weighted by molar-refractivity contribution is -0.384. The van der Waals surface area contributed by atoms with E-state index in [2.05, 4.69) is 10.6 Å². The molecule has 0 saturated heterocycles.